The monoisotopic (exact) mass is 320 g/mol. The molecular formula is C14H22Cl2N2O2. The second-order valence-electron chi connectivity index (χ2n) is 4.22. The molecule has 0 aliphatic carbocycles. The number of rotatable bonds is 0. The lowest BCUT2D eigenvalue weighted by Gasteiger charge is -2.08. The minimum absolute atomic E-state index is 0.00463. The highest BCUT2D eigenvalue weighted by Gasteiger charge is 1.95. The number of nitrogens with one attached hydrogen (secondary N) is 2. The Balaban J connectivity index is 0.000000288. The van der Waals surface area contributed by atoms with Gasteiger partial charge in [-0.15, -0.1) is 0 Å². The van der Waals surface area contributed by atoms with Crippen molar-refractivity contribution in [1.29, 1.82) is 0 Å². The molecule has 0 unspecified atom stereocenters. The maximum absolute atomic E-state index is 9.70. The van der Waals surface area contributed by atoms with Crippen LogP contribution in [0.2, 0.25) is 10.0 Å². The van der Waals surface area contributed by atoms with Crippen LogP contribution in [0.15, 0.2) is 18.2 Å². The molecule has 0 bridgehead atoms. The molecule has 1 fully saturated rings. The molecule has 1 saturated heterocycles. The van der Waals surface area contributed by atoms with Gasteiger partial charge in [-0.25, -0.2) is 0 Å². The van der Waals surface area contributed by atoms with E-state index in [-0.39, 0.29) is 11.7 Å². The van der Waals surface area contributed by atoms with Crippen molar-refractivity contribution in [2.75, 3.05) is 20.1 Å². The second kappa shape index (κ2) is 11.8. The van der Waals surface area contributed by atoms with Gasteiger partial charge < -0.3 is 15.7 Å². The number of amides is 1. The summed E-state index contributed by atoms with van der Waals surface area (Å²) in [5.41, 5.74) is 0. The van der Waals surface area contributed by atoms with Gasteiger partial charge in [0.2, 0.25) is 5.91 Å². The fourth-order valence-corrected chi connectivity index (χ4v) is 1.58. The molecule has 6 heteroatoms. The van der Waals surface area contributed by atoms with E-state index in [0.29, 0.717) is 10.0 Å². The molecule has 0 spiro atoms. The van der Waals surface area contributed by atoms with Crippen molar-refractivity contribution in [3.8, 4) is 5.75 Å². The van der Waals surface area contributed by atoms with Crippen LogP contribution in [0.4, 0.5) is 0 Å². The number of hydrogen-bond acceptors (Lipinski definition) is 3. The maximum atomic E-state index is 9.70. The highest BCUT2D eigenvalue weighted by atomic mass is 35.5. The molecule has 1 amide bonds. The molecule has 3 N–H and O–H groups in total. The Morgan fingerprint density at radius 3 is 2.00 bits per heavy atom. The SMILES string of the molecule is C1CCNCC1.CNC(C)=O.Oc1ccc(Cl)c(Cl)c1. The molecule has 0 radical (unpaired) electrons. The maximum Gasteiger partial charge on any atom is 0.216 e. The largest absolute Gasteiger partial charge is 0.508 e. The van der Waals surface area contributed by atoms with E-state index in [9.17, 15) is 4.79 Å². The number of hydrogen-bond donors (Lipinski definition) is 3. The van der Waals surface area contributed by atoms with Crippen LogP contribution in [0.3, 0.4) is 0 Å². The first-order valence-corrected chi connectivity index (χ1v) is 7.26. The summed E-state index contributed by atoms with van der Waals surface area (Å²) in [4.78, 5) is 9.70. The first-order chi connectivity index (χ1) is 9.47. The first-order valence-electron chi connectivity index (χ1n) is 6.50. The normalized spacial score (nSPS) is 13.2. The fourth-order valence-electron chi connectivity index (χ4n) is 1.29. The van der Waals surface area contributed by atoms with E-state index in [0.717, 1.165) is 0 Å². The average Bonchev–Trinajstić information content (AvgIpc) is 2.46. The van der Waals surface area contributed by atoms with Gasteiger partial charge in [-0.3, -0.25) is 4.79 Å². The lowest BCUT2D eigenvalue weighted by atomic mass is 10.2. The fraction of sp³-hybridized carbons (Fsp3) is 0.500. The number of benzene rings is 1. The molecule has 2 rings (SSSR count). The van der Waals surface area contributed by atoms with Crippen LogP contribution in [-0.4, -0.2) is 31.2 Å². The zero-order chi connectivity index (χ0) is 15.4. The van der Waals surface area contributed by atoms with Crippen molar-refractivity contribution in [2.24, 2.45) is 0 Å². The molecule has 20 heavy (non-hydrogen) atoms. The van der Waals surface area contributed by atoms with Crippen LogP contribution in [0.5, 0.6) is 5.75 Å². The molecule has 0 saturated carbocycles. The minimum Gasteiger partial charge on any atom is -0.508 e. The van der Waals surface area contributed by atoms with Gasteiger partial charge in [-0.1, -0.05) is 29.6 Å². The Bertz CT molecular complexity index is 385. The lowest BCUT2D eigenvalue weighted by Crippen LogP contribution is -2.21. The summed E-state index contributed by atoms with van der Waals surface area (Å²) in [6.45, 7) is 3.97. The van der Waals surface area contributed by atoms with Crippen LogP contribution < -0.4 is 10.6 Å². The molecule has 1 heterocycles. The summed E-state index contributed by atoms with van der Waals surface area (Å²) >= 11 is 11.1. The van der Waals surface area contributed by atoms with Gasteiger partial charge in [-0.05, 0) is 44.1 Å². The van der Waals surface area contributed by atoms with Crippen molar-refractivity contribution in [1.82, 2.24) is 10.6 Å². The zero-order valence-corrected chi connectivity index (χ0v) is 13.4. The smallest absolute Gasteiger partial charge is 0.216 e. The molecule has 0 aromatic heterocycles. The number of carbonyl (C=O) groups excluding carboxylic acids is 1. The number of phenolic OH excluding ortho intramolecular Hbond substituents is 1. The van der Waals surface area contributed by atoms with Crippen molar-refractivity contribution >= 4 is 29.1 Å². The van der Waals surface area contributed by atoms with Gasteiger partial charge in [0.15, 0.2) is 0 Å². The molecule has 1 aliphatic heterocycles. The molecule has 0 atom stereocenters. The number of halogens is 2. The summed E-state index contributed by atoms with van der Waals surface area (Å²) in [5, 5.41) is 15.3. The van der Waals surface area contributed by atoms with E-state index < -0.39 is 0 Å². The van der Waals surface area contributed by atoms with Gasteiger partial charge in [0.25, 0.3) is 0 Å². The summed E-state index contributed by atoms with van der Waals surface area (Å²) in [6, 6.07) is 4.41. The van der Waals surface area contributed by atoms with Crippen LogP contribution in [0.25, 0.3) is 0 Å². The Labute approximate surface area is 130 Å². The first kappa shape index (κ1) is 19.0. The van der Waals surface area contributed by atoms with Crippen LogP contribution >= 0.6 is 23.2 Å². The van der Waals surface area contributed by atoms with Crippen LogP contribution in [-0.2, 0) is 4.79 Å². The highest BCUT2D eigenvalue weighted by molar-refractivity contribution is 6.42. The van der Waals surface area contributed by atoms with Gasteiger partial charge in [0.1, 0.15) is 5.75 Å². The van der Waals surface area contributed by atoms with E-state index in [4.69, 9.17) is 28.3 Å². The van der Waals surface area contributed by atoms with Crippen molar-refractivity contribution in [2.45, 2.75) is 26.2 Å². The predicted molar refractivity (Wildman–Crippen MR) is 84.6 cm³/mol. The lowest BCUT2D eigenvalue weighted by molar-refractivity contribution is -0.118. The quantitative estimate of drug-likeness (QED) is 0.688. The number of piperidine rings is 1. The Kier molecular flexibility index (Phi) is 11.3. The van der Waals surface area contributed by atoms with E-state index in [1.54, 1.807) is 13.1 Å². The van der Waals surface area contributed by atoms with Crippen LogP contribution in [0, 0.1) is 0 Å². The molecule has 4 nitrogen and oxygen atoms in total. The highest BCUT2D eigenvalue weighted by Crippen LogP contribution is 2.24. The third kappa shape index (κ3) is 10.9. The van der Waals surface area contributed by atoms with Gasteiger partial charge in [0, 0.05) is 14.0 Å². The molecular weight excluding hydrogens is 299 g/mol. The Morgan fingerprint density at radius 2 is 1.75 bits per heavy atom. The van der Waals surface area contributed by atoms with E-state index in [1.165, 1.54) is 51.4 Å². The van der Waals surface area contributed by atoms with Gasteiger partial charge in [0.05, 0.1) is 10.0 Å². The molecule has 1 aromatic rings. The minimum atomic E-state index is 0.00463. The Hall–Kier alpha value is -0.970. The van der Waals surface area contributed by atoms with E-state index in [2.05, 4.69) is 10.6 Å². The summed E-state index contributed by atoms with van der Waals surface area (Å²) in [6.07, 6.45) is 4.22. The van der Waals surface area contributed by atoms with Crippen LogP contribution in [0.1, 0.15) is 26.2 Å². The van der Waals surface area contributed by atoms with Gasteiger partial charge in [-0.2, -0.15) is 0 Å². The third-order valence-electron chi connectivity index (χ3n) is 2.46. The van der Waals surface area contributed by atoms with Crippen molar-refractivity contribution in [3.63, 3.8) is 0 Å². The van der Waals surface area contributed by atoms with Crippen molar-refractivity contribution < 1.29 is 9.90 Å². The number of phenols is 1. The topological polar surface area (TPSA) is 61.4 Å². The summed E-state index contributed by atoms with van der Waals surface area (Å²) < 4.78 is 0. The number of aromatic hydroxyl groups is 1. The summed E-state index contributed by atoms with van der Waals surface area (Å²) in [5.74, 6) is 0.134. The second-order valence-corrected chi connectivity index (χ2v) is 5.03. The average molecular weight is 321 g/mol. The zero-order valence-electron chi connectivity index (χ0n) is 11.9. The third-order valence-corrected chi connectivity index (χ3v) is 3.20. The molecule has 1 aliphatic rings. The van der Waals surface area contributed by atoms with Crippen molar-refractivity contribution in [3.05, 3.63) is 28.2 Å². The summed E-state index contributed by atoms with van der Waals surface area (Å²) in [7, 11) is 1.60. The Morgan fingerprint density at radius 1 is 1.20 bits per heavy atom. The molecule has 114 valence electrons. The van der Waals surface area contributed by atoms with Gasteiger partial charge >= 0.3 is 0 Å². The van der Waals surface area contributed by atoms with E-state index >= 15 is 0 Å². The predicted octanol–water partition coefficient (Wildman–Crippen LogP) is 3.21. The van der Waals surface area contributed by atoms with E-state index in [1.807, 2.05) is 0 Å². The standard InChI is InChI=1S/C6H4Cl2O.C5H11N.C3H7NO/c7-5-2-1-4(9)3-6(5)8;1-2-4-6-5-3-1;1-3(5)4-2/h1-3,9H;6H,1-5H2;1-2H3,(H,4,5). The molecule has 1 aromatic carbocycles. The number of carbonyl (C=O) groups is 1.